The number of nitrogens with zero attached hydrogens (tertiary/aromatic N) is 5. The van der Waals surface area contributed by atoms with Gasteiger partial charge in [-0.25, -0.2) is 18.7 Å². The Hall–Kier alpha value is -3.94. The first-order valence-corrected chi connectivity index (χ1v) is 10.6. The fourth-order valence-electron chi connectivity index (χ4n) is 3.74. The highest BCUT2D eigenvalue weighted by molar-refractivity contribution is 6.00. The summed E-state index contributed by atoms with van der Waals surface area (Å²) in [5.41, 5.74) is 2.21. The molecule has 4 rings (SSSR count). The smallest absolute Gasteiger partial charge is 0.255 e. The molecule has 8 heteroatoms. The zero-order valence-corrected chi connectivity index (χ0v) is 18.3. The lowest BCUT2D eigenvalue weighted by Crippen LogP contribution is -2.41. The molecule has 0 aliphatic rings. The molecule has 0 radical (unpaired) electrons. The Morgan fingerprint density at radius 1 is 1.03 bits per heavy atom. The maximum atomic E-state index is 14.1. The van der Waals surface area contributed by atoms with Gasteiger partial charge in [-0.05, 0) is 68.4 Å². The zero-order chi connectivity index (χ0) is 23.4. The van der Waals surface area contributed by atoms with Gasteiger partial charge in [-0.1, -0.05) is 0 Å². The number of rotatable bonds is 7. The highest BCUT2D eigenvalue weighted by atomic mass is 19.1. The summed E-state index contributed by atoms with van der Waals surface area (Å²) in [4.78, 5) is 23.5. The molecule has 4 aromatic rings. The molecule has 0 N–H and O–H groups in total. The third-order valence-electron chi connectivity index (χ3n) is 5.38. The van der Waals surface area contributed by atoms with Crippen molar-refractivity contribution in [2.24, 2.45) is 0 Å². The van der Waals surface area contributed by atoms with Gasteiger partial charge in [0, 0.05) is 42.3 Å². The molecule has 0 saturated heterocycles. The van der Waals surface area contributed by atoms with Crippen LogP contribution in [0.15, 0.2) is 73.2 Å². The predicted molar refractivity (Wildman–Crippen MR) is 121 cm³/mol. The second kappa shape index (κ2) is 9.68. The maximum absolute atomic E-state index is 14.1. The molecule has 0 unspecified atom stereocenters. The number of likely N-dealkylation sites (N-methyl/N-ethyl adjacent to an activating group) is 1. The van der Waals surface area contributed by atoms with Crippen molar-refractivity contribution >= 4 is 5.91 Å². The molecule has 33 heavy (non-hydrogen) atoms. The minimum Gasteiger partial charge on any atom is -0.334 e. The second-order valence-corrected chi connectivity index (χ2v) is 7.63. The highest BCUT2D eigenvalue weighted by Gasteiger charge is 2.24. The molecule has 1 atom stereocenters. The average molecular weight is 447 g/mol. The van der Waals surface area contributed by atoms with E-state index in [2.05, 4.69) is 15.1 Å². The molecule has 168 valence electrons. The summed E-state index contributed by atoms with van der Waals surface area (Å²) in [6, 6.07) is 13.5. The molecule has 2 aromatic carbocycles. The van der Waals surface area contributed by atoms with Gasteiger partial charge in [-0.2, -0.15) is 5.10 Å². The molecule has 0 bridgehead atoms. The van der Waals surface area contributed by atoms with Crippen molar-refractivity contribution in [1.82, 2.24) is 24.6 Å². The maximum Gasteiger partial charge on any atom is 0.255 e. The van der Waals surface area contributed by atoms with Crippen LogP contribution in [0.1, 0.15) is 24.2 Å². The lowest BCUT2D eigenvalue weighted by Gasteiger charge is -2.29. The van der Waals surface area contributed by atoms with E-state index in [-0.39, 0.29) is 23.3 Å². The van der Waals surface area contributed by atoms with Crippen LogP contribution in [0.3, 0.4) is 0 Å². The number of carbonyl (C=O) groups is 1. The Morgan fingerprint density at radius 2 is 1.73 bits per heavy atom. The summed E-state index contributed by atoms with van der Waals surface area (Å²) in [5, 5.41) is 4.55. The molecular weight excluding hydrogens is 424 g/mol. The number of hydrogen-bond donors (Lipinski definition) is 0. The van der Waals surface area contributed by atoms with Crippen LogP contribution >= 0.6 is 0 Å². The topological polar surface area (TPSA) is 63.9 Å². The van der Waals surface area contributed by atoms with Crippen LogP contribution in [0.25, 0.3) is 22.6 Å². The van der Waals surface area contributed by atoms with E-state index in [9.17, 15) is 13.6 Å². The van der Waals surface area contributed by atoms with Crippen molar-refractivity contribution < 1.29 is 13.6 Å². The number of benzene rings is 2. The number of halogens is 2. The normalized spacial score (nSPS) is 11.9. The summed E-state index contributed by atoms with van der Waals surface area (Å²) in [5.74, 6) is -0.752. The van der Waals surface area contributed by atoms with E-state index in [1.165, 1.54) is 30.3 Å². The summed E-state index contributed by atoms with van der Waals surface area (Å²) in [7, 11) is 0. The first kappa shape index (κ1) is 22.3. The van der Waals surface area contributed by atoms with Gasteiger partial charge in [-0.15, -0.1) is 0 Å². The van der Waals surface area contributed by atoms with Gasteiger partial charge in [-0.3, -0.25) is 9.48 Å². The predicted octanol–water partition coefficient (Wildman–Crippen LogP) is 4.84. The van der Waals surface area contributed by atoms with Crippen molar-refractivity contribution in [3.05, 3.63) is 90.4 Å². The molecular formula is C25H23F2N5O. The minimum absolute atomic E-state index is 0.211. The quantitative estimate of drug-likeness (QED) is 0.407. The van der Waals surface area contributed by atoms with E-state index in [0.29, 0.717) is 30.2 Å². The Bertz CT molecular complexity index is 1240. The molecule has 0 aliphatic carbocycles. The van der Waals surface area contributed by atoms with Gasteiger partial charge in [0.2, 0.25) is 0 Å². The van der Waals surface area contributed by atoms with E-state index in [1.54, 1.807) is 40.2 Å². The van der Waals surface area contributed by atoms with Gasteiger partial charge < -0.3 is 4.90 Å². The molecule has 6 nitrogen and oxygen atoms in total. The van der Waals surface area contributed by atoms with E-state index in [1.807, 2.05) is 26.1 Å². The Balaban J connectivity index is 1.56. The number of amides is 1. The van der Waals surface area contributed by atoms with Crippen LogP contribution in [0.2, 0.25) is 0 Å². The lowest BCUT2D eigenvalue weighted by molar-refractivity contribution is 0.0685. The Labute approximate surface area is 190 Å². The molecule has 0 fully saturated rings. The van der Waals surface area contributed by atoms with Gasteiger partial charge in [0.1, 0.15) is 11.6 Å². The van der Waals surface area contributed by atoms with E-state index < -0.39 is 5.82 Å². The van der Waals surface area contributed by atoms with E-state index in [4.69, 9.17) is 0 Å². The summed E-state index contributed by atoms with van der Waals surface area (Å²) in [6.07, 6.45) is 4.98. The van der Waals surface area contributed by atoms with Gasteiger partial charge >= 0.3 is 0 Å². The van der Waals surface area contributed by atoms with Crippen LogP contribution in [-0.2, 0) is 6.54 Å². The lowest BCUT2D eigenvalue weighted by atomic mass is 10.0. The number of hydrogen-bond acceptors (Lipinski definition) is 4. The number of carbonyl (C=O) groups excluding carboxylic acids is 1. The monoisotopic (exact) mass is 447 g/mol. The Kier molecular flexibility index (Phi) is 6.53. The van der Waals surface area contributed by atoms with Gasteiger partial charge in [0.15, 0.2) is 5.82 Å². The summed E-state index contributed by atoms with van der Waals surface area (Å²) in [6.45, 7) is 4.66. The largest absolute Gasteiger partial charge is 0.334 e. The Morgan fingerprint density at radius 3 is 2.42 bits per heavy atom. The zero-order valence-electron chi connectivity index (χ0n) is 18.3. The van der Waals surface area contributed by atoms with Crippen LogP contribution in [-0.4, -0.2) is 43.1 Å². The standard InChI is InChI=1S/C25H23F2N5O/c1-3-32(17(2)16-31-14-11-23(30-31)18-5-7-19(26)8-6-18)25(33)22-15-20(27)9-10-21(22)24-28-12-4-13-29-24/h4-15,17H,3,16H2,1-2H3/t17-/m0/s1. The minimum atomic E-state index is -0.502. The summed E-state index contributed by atoms with van der Waals surface area (Å²) < 4.78 is 29.0. The van der Waals surface area contributed by atoms with Crippen LogP contribution < -0.4 is 0 Å². The van der Waals surface area contributed by atoms with Crippen LogP contribution in [0, 0.1) is 11.6 Å². The molecule has 0 aliphatic heterocycles. The second-order valence-electron chi connectivity index (χ2n) is 7.63. The van der Waals surface area contributed by atoms with Crippen molar-refractivity contribution in [1.29, 1.82) is 0 Å². The molecule has 0 saturated carbocycles. The van der Waals surface area contributed by atoms with Crippen molar-refractivity contribution in [3.63, 3.8) is 0 Å². The number of aromatic nitrogens is 4. The van der Waals surface area contributed by atoms with Gasteiger partial charge in [0.05, 0.1) is 17.8 Å². The molecule has 1 amide bonds. The average Bonchev–Trinajstić information content (AvgIpc) is 3.28. The first-order valence-electron chi connectivity index (χ1n) is 10.6. The van der Waals surface area contributed by atoms with Crippen molar-refractivity contribution in [2.45, 2.75) is 26.4 Å². The fourth-order valence-corrected chi connectivity index (χ4v) is 3.74. The van der Waals surface area contributed by atoms with E-state index in [0.717, 1.165) is 5.56 Å². The van der Waals surface area contributed by atoms with Crippen LogP contribution in [0.5, 0.6) is 0 Å². The highest BCUT2D eigenvalue weighted by Crippen LogP contribution is 2.24. The molecule has 2 aromatic heterocycles. The first-order chi connectivity index (χ1) is 16.0. The third kappa shape index (κ3) is 4.95. The van der Waals surface area contributed by atoms with Gasteiger partial charge in [0.25, 0.3) is 5.91 Å². The molecule has 2 heterocycles. The van der Waals surface area contributed by atoms with Crippen molar-refractivity contribution in [2.75, 3.05) is 6.54 Å². The summed E-state index contributed by atoms with van der Waals surface area (Å²) >= 11 is 0. The van der Waals surface area contributed by atoms with E-state index >= 15 is 0 Å². The molecule has 0 spiro atoms. The van der Waals surface area contributed by atoms with Crippen molar-refractivity contribution in [3.8, 4) is 22.6 Å². The van der Waals surface area contributed by atoms with Crippen LogP contribution in [0.4, 0.5) is 8.78 Å². The SMILES string of the molecule is CCN(C(=O)c1cc(F)ccc1-c1ncccn1)[C@@H](C)Cn1ccc(-c2ccc(F)cc2)n1. The third-order valence-corrected chi connectivity index (χ3v) is 5.38. The fraction of sp³-hybridized carbons (Fsp3) is 0.200.